The van der Waals surface area contributed by atoms with Gasteiger partial charge in [-0.05, 0) is 12.8 Å². The molecule has 0 spiro atoms. The Morgan fingerprint density at radius 3 is 3.14 bits per heavy atom. The Labute approximate surface area is 88.1 Å². The van der Waals surface area contributed by atoms with Gasteiger partial charge >= 0.3 is 0 Å². The van der Waals surface area contributed by atoms with Crippen molar-refractivity contribution in [1.82, 2.24) is 0 Å². The zero-order chi connectivity index (χ0) is 10.1. The molecule has 2 saturated heterocycles. The molecule has 2 fully saturated rings. The molecular weight excluding hydrogens is 202 g/mol. The Morgan fingerprint density at radius 1 is 1.64 bits per heavy atom. The molecule has 2 aliphatic heterocycles. The summed E-state index contributed by atoms with van der Waals surface area (Å²) < 4.78 is 10.6. The number of aliphatic hydroxyl groups excluding tert-OH is 1. The predicted molar refractivity (Wildman–Crippen MR) is 54.5 cm³/mol. The highest BCUT2D eigenvalue weighted by atomic mass is 32.2. The van der Waals surface area contributed by atoms with E-state index in [1.54, 1.807) is 11.8 Å². The highest BCUT2D eigenvalue weighted by Gasteiger charge is 2.47. The van der Waals surface area contributed by atoms with E-state index >= 15 is 0 Å². The SMILES string of the molecule is COC(O)C1C(N)SC2OCCCC21. The molecule has 3 N–H and O–H groups in total. The fourth-order valence-corrected chi connectivity index (χ4v) is 3.83. The van der Waals surface area contributed by atoms with Crippen LogP contribution < -0.4 is 5.73 Å². The van der Waals surface area contributed by atoms with E-state index in [9.17, 15) is 5.11 Å². The highest BCUT2D eigenvalue weighted by molar-refractivity contribution is 8.00. The summed E-state index contributed by atoms with van der Waals surface area (Å²) in [6.07, 6.45) is 1.38. The second-order valence-electron chi connectivity index (χ2n) is 3.85. The van der Waals surface area contributed by atoms with Crippen molar-refractivity contribution in [3.05, 3.63) is 0 Å². The molecule has 14 heavy (non-hydrogen) atoms. The Kier molecular flexibility index (Phi) is 3.34. The highest BCUT2D eigenvalue weighted by Crippen LogP contribution is 2.47. The van der Waals surface area contributed by atoms with Crippen molar-refractivity contribution in [3.8, 4) is 0 Å². The number of ether oxygens (including phenoxy) is 2. The van der Waals surface area contributed by atoms with Crippen LogP contribution in [0, 0.1) is 11.8 Å². The number of methoxy groups -OCH3 is 1. The van der Waals surface area contributed by atoms with Crippen LogP contribution in [0.1, 0.15) is 12.8 Å². The zero-order valence-corrected chi connectivity index (χ0v) is 9.07. The molecule has 5 unspecified atom stereocenters. The summed E-state index contributed by atoms with van der Waals surface area (Å²) in [5.41, 5.74) is 6.12. The smallest absolute Gasteiger partial charge is 0.159 e. The van der Waals surface area contributed by atoms with Gasteiger partial charge in [-0.25, -0.2) is 0 Å². The van der Waals surface area contributed by atoms with Crippen molar-refractivity contribution in [2.45, 2.75) is 29.9 Å². The third kappa shape index (κ3) is 1.79. The summed E-state index contributed by atoms with van der Waals surface area (Å²) in [7, 11) is 1.51. The van der Waals surface area contributed by atoms with Gasteiger partial charge in [0.25, 0.3) is 0 Å². The fourth-order valence-electron chi connectivity index (χ4n) is 2.31. The van der Waals surface area contributed by atoms with Gasteiger partial charge in [-0.15, -0.1) is 11.8 Å². The molecule has 4 nitrogen and oxygen atoms in total. The molecular formula is C9H17NO3S. The lowest BCUT2D eigenvalue weighted by molar-refractivity contribution is -0.137. The van der Waals surface area contributed by atoms with Gasteiger partial charge in [0.2, 0.25) is 0 Å². The Morgan fingerprint density at radius 2 is 2.43 bits per heavy atom. The van der Waals surface area contributed by atoms with Gasteiger partial charge in [-0.3, -0.25) is 0 Å². The first-order chi connectivity index (χ1) is 6.74. The Hall–Kier alpha value is 0.190. The molecule has 0 aliphatic carbocycles. The van der Waals surface area contributed by atoms with Crippen molar-refractivity contribution in [2.24, 2.45) is 17.6 Å². The first kappa shape index (κ1) is 10.7. The standard InChI is InChI=1S/C9H17NO3S/c1-12-8(11)6-5-3-2-4-13-9(5)14-7(6)10/h5-9,11H,2-4,10H2,1H3. The maximum absolute atomic E-state index is 9.70. The second-order valence-corrected chi connectivity index (χ2v) is 5.13. The second kappa shape index (κ2) is 4.37. The van der Waals surface area contributed by atoms with Crippen LogP contribution in [0.2, 0.25) is 0 Å². The van der Waals surface area contributed by atoms with E-state index in [-0.39, 0.29) is 16.7 Å². The normalized spacial score (nSPS) is 44.8. The van der Waals surface area contributed by atoms with Crippen LogP contribution in [0.25, 0.3) is 0 Å². The fraction of sp³-hybridized carbons (Fsp3) is 1.00. The number of hydrogen-bond donors (Lipinski definition) is 2. The lowest BCUT2D eigenvalue weighted by Crippen LogP contribution is -2.39. The summed E-state index contributed by atoms with van der Waals surface area (Å²) in [4.78, 5) is 0. The Bertz CT molecular complexity index is 204. The van der Waals surface area contributed by atoms with Gasteiger partial charge in [-0.1, -0.05) is 0 Å². The number of nitrogens with two attached hydrogens (primary N) is 1. The van der Waals surface area contributed by atoms with E-state index in [0.717, 1.165) is 19.4 Å². The van der Waals surface area contributed by atoms with E-state index in [2.05, 4.69) is 0 Å². The van der Waals surface area contributed by atoms with Crippen LogP contribution in [-0.4, -0.2) is 35.9 Å². The summed E-state index contributed by atoms with van der Waals surface area (Å²) in [5.74, 6) is 0.356. The van der Waals surface area contributed by atoms with Crippen molar-refractivity contribution in [2.75, 3.05) is 13.7 Å². The van der Waals surface area contributed by atoms with E-state index in [1.807, 2.05) is 0 Å². The monoisotopic (exact) mass is 219 g/mol. The summed E-state index contributed by atoms with van der Waals surface area (Å²) >= 11 is 1.62. The number of thioether (sulfide) groups is 1. The molecule has 0 amide bonds. The molecule has 82 valence electrons. The summed E-state index contributed by atoms with van der Waals surface area (Å²) in [5, 5.41) is 9.62. The van der Waals surface area contributed by atoms with Crippen LogP contribution in [-0.2, 0) is 9.47 Å². The molecule has 2 heterocycles. The number of fused-ring (bicyclic) bond motifs is 1. The van der Waals surface area contributed by atoms with Crippen molar-refractivity contribution in [3.63, 3.8) is 0 Å². The van der Waals surface area contributed by atoms with Crippen LogP contribution in [0.4, 0.5) is 0 Å². The van der Waals surface area contributed by atoms with E-state index < -0.39 is 6.29 Å². The molecule has 0 aromatic carbocycles. The number of aliphatic hydroxyl groups is 1. The topological polar surface area (TPSA) is 64.7 Å². The third-order valence-corrected chi connectivity index (χ3v) is 4.43. The molecule has 2 aliphatic rings. The number of hydrogen-bond acceptors (Lipinski definition) is 5. The van der Waals surface area contributed by atoms with Crippen molar-refractivity contribution >= 4 is 11.8 Å². The molecule has 5 atom stereocenters. The first-order valence-electron chi connectivity index (χ1n) is 4.97. The lowest BCUT2D eigenvalue weighted by Gasteiger charge is -2.30. The van der Waals surface area contributed by atoms with Gasteiger partial charge < -0.3 is 20.3 Å². The Balaban J connectivity index is 2.07. The maximum Gasteiger partial charge on any atom is 0.159 e. The van der Waals surface area contributed by atoms with Gasteiger partial charge in [-0.2, -0.15) is 0 Å². The first-order valence-corrected chi connectivity index (χ1v) is 5.92. The molecule has 5 heteroatoms. The molecule has 0 aromatic rings. The molecule has 2 rings (SSSR count). The van der Waals surface area contributed by atoms with E-state index in [1.165, 1.54) is 7.11 Å². The van der Waals surface area contributed by atoms with Gasteiger partial charge in [0.05, 0.1) is 5.37 Å². The van der Waals surface area contributed by atoms with Crippen molar-refractivity contribution in [1.29, 1.82) is 0 Å². The summed E-state index contributed by atoms with van der Waals surface area (Å²) in [6.45, 7) is 0.816. The third-order valence-electron chi connectivity index (χ3n) is 3.05. The quantitative estimate of drug-likeness (QED) is 0.656. The predicted octanol–water partition coefficient (Wildman–Crippen LogP) is 0.352. The maximum atomic E-state index is 9.70. The summed E-state index contributed by atoms with van der Waals surface area (Å²) in [6, 6.07) is 0. The molecule has 0 radical (unpaired) electrons. The molecule has 0 aromatic heterocycles. The van der Waals surface area contributed by atoms with Crippen LogP contribution in [0.15, 0.2) is 0 Å². The largest absolute Gasteiger partial charge is 0.368 e. The minimum atomic E-state index is -0.755. The lowest BCUT2D eigenvalue weighted by atomic mass is 9.87. The average molecular weight is 219 g/mol. The van der Waals surface area contributed by atoms with Crippen LogP contribution in [0.3, 0.4) is 0 Å². The average Bonchev–Trinajstić information content (AvgIpc) is 2.53. The molecule has 0 bridgehead atoms. The van der Waals surface area contributed by atoms with E-state index in [0.29, 0.717) is 5.92 Å². The van der Waals surface area contributed by atoms with Gasteiger partial charge in [0.1, 0.15) is 5.44 Å². The van der Waals surface area contributed by atoms with Crippen LogP contribution in [0.5, 0.6) is 0 Å². The van der Waals surface area contributed by atoms with Crippen molar-refractivity contribution < 1.29 is 14.6 Å². The molecule has 0 saturated carbocycles. The van der Waals surface area contributed by atoms with E-state index in [4.69, 9.17) is 15.2 Å². The van der Waals surface area contributed by atoms with Gasteiger partial charge in [0.15, 0.2) is 6.29 Å². The van der Waals surface area contributed by atoms with Gasteiger partial charge in [0, 0.05) is 25.6 Å². The van der Waals surface area contributed by atoms with Crippen LogP contribution >= 0.6 is 11.8 Å². The zero-order valence-electron chi connectivity index (χ0n) is 8.26. The minimum Gasteiger partial charge on any atom is -0.368 e. The minimum absolute atomic E-state index is 0.00954. The number of rotatable bonds is 2.